The molecule has 4 nitrogen and oxygen atoms in total. The van der Waals surface area contributed by atoms with Crippen molar-refractivity contribution < 1.29 is 4.79 Å². The molecule has 2 N–H and O–H groups in total. The van der Waals surface area contributed by atoms with E-state index in [1.807, 2.05) is 0 Å². The van der Waals surface area contributed by atoms with Gasteiger partial charge in [0, 0.05) is 16.5 Å². The predicted molar refractivity (Wildman–Crippen MR) is 80.9 cm³/mol. The molecule has 6 heteroatoms. The minimum atomic E-state index is -0.0588. The second-order valence-electron chi connectivity index (χ2n) is 5.06. The van der Waals surface area contributed by atoms with E-state index < -0.39 is 0 Å². The summed E-state index contributed by atoms with van der Waals surface area (Å²) in [6.45, 7) is 0. The molecule has 0 saturated carbocycles. The lowest BCUT2D eigenvalue weighted by molar-refractivity contribution is -0.117. The maximum absolute atomic E-state index is 12.0. The lowest BCUT2D eigenvalue weighted by Crippen LogP contribution is -2.37. The first-order valence-corrected chi connectivity index (χ1v) is 8.90. The van der Waals surface area contributed by atoms with E-state index in [0.29, 0.717) is 0 Å². The highest BCUT2D eigenvalue weighted by molar-refractivity contribution is 7.99. The molecule has 104 valence electrons. The van der Waals surface area contributed by atoms with Gasteiger partial charge in [-0.3, -0.25) is 10.1 Å². The fraction of sp³-hybridized carbons (Fsp3) is 0.692. The van der Waals surface area contributed by atoms with Crippen LogP contribution in [0.15, 0.2) is 0 Å². The van der Waals surface area contributed by atoms with Crippen LogP contribution in [0.2, 0.25) is 0 Å². The Bertz CT molecular complexity index is 429. The number of carbonyl (C=O) groups is 1. The topological polar surface area (TPSA) is 54.0 Å². The van der Waals surface area contributed by atoms with Gasteiger partial charge in [-0.25, -0.2) is 4.98 Å². The molecule has 1 fully saturated rings. The zero-order valence-corrected chi connectivity index (χ0v) is 12.5. The molecule has 1 aliphatic heterocycles. The highest BCUT2D eigenvalue weighted by Gasteiger charge is 2.24. The van der Waals surface area contributed by atoms with Gasteiger partial charge >= 0.3 is 0 Å². The summed E-state index contributed by atoms with van der Waals surface area (Å²) >= 11 is 3.43. The van der Waals surface area contributed by atoms with E-state index in [2.05, 4.69) is 15.6 Å². The Hall–Kier alpha value is -0.590. The highest BCUT2D eigenvalue weighted by atomic mass is 32.2. The Balaban J connectivity index is 1.67. The number of aryl methyl sites for hydroxylation is 2. The van der Waals surface area contributed by atoms with Crippen LogP contribution in [-0.2, 0) is 17.6 Å². The van der Waals surface area contributed by atoms with Gasteiger partial charge in [0.05, 0.1) is 11.7 Å². The van der Waals surface area contributed by atoms with Gasteiger partial charge in [-0.15, -0.1) is 23.1 Å². The standard InChI is InChI=1S/C13H19N3OS2/c17-12(10-7-18-8-14-10)16-13-15-9-5-3-1-2-4-6-11(9)19-13/h10,14H,1-8H2,(H,15,16,17). The SMILES string of the molecule is O=C(Nc1nc2c(s1)CCCCCC2)C1CSCN1. The first-order valence-electron chi connectivity index (χ1n) is 6.93. The molecule has 1 saturated heterocycles. The molecular weight excluding hydrogens is 278 g/mol. The molecule has 1 atom stereocenters. The third-order valence-corrected chi connectivity index (χ3v) is 5.62. The van der Waals surface area contributed by atoms with E-state index in [-0.39, 0.29) is 11.9 Å². The number of thiazole rings is 1. The van der Waals surface area contributed by atoms with Crippen LogP contribution in [0.25, 0.3) is 0 Å². The number of carbonyl (C=O) groups excluding carboxylic acids is 1. The van der Waals surface area contributed by atoms with Gasteiger partial charge in [0.15, 0.2) is 5.13 Å². The minimum Gasteiger partial charge on any atom is -0.301 e. The van der Waals surface area contributed by atoms with Crippen LogP contribution >= 0.6 is 23.1 Å². The molecule has 2 aliphatic rings. The van der Waals surface area contributed by atoms with E-state index in [9.17, 15) is 4.79 Å². The summed E-state index contributed by atoms with van der Waals surface area (Å²) in [6, 6.07) is -0.0588. The lowest BCUT2D eigenvalue weighted by atomic mass is 10.0. The largest absolute Gasteiger partial charge is 0.301 e. The summed E-state index contributed by atoms with van der Waals surface area (Å²) in [4.78, 5) is 18.0. The summed E-state index contributed by atoms with van der Waals surface area (Å²) < 4.78 is 0. The Morgan fingerprint density at radius 1 is 1.26 bits per heavy atom. The summed E-state index contributed by atoms with van der Waals surface area (Å²) in [5, 5.41) is 6.95. The molecule has 0 bridgehead atoms. The Kier molecular flexibility index (Phi) is 4.40. The zero-order chi connectivity index (χ0) is 13.1. The van der Waals surface area contributed by atoms with Gasteiger partial charge in [0.2, 0.25) is 5.91 Å². The van der Waals surface area contributed by atoms with E-state index in [0.717, 1.165) is 29.6 Å². The molecule has 1 aliphatic carbocycles. The second-order valence-corrected chi connectivity index (χ2v) is 7.18. The van der Waals surface area contributed by atoms with E-state index in [1.165, 1.54) is 36.3 Å². The lowest BCUT2D eigenvalue weighted by Gasteiger charge is -2.07. The molecule has 2 heterocycles. The molecule has 0 spiro atoms. The quantitative estimate of drug-likeness (QED) is 0.880. The van der Waals surface area contributed by atoms with E-state index >= 15 is 0 Å². The maximum atomic E-state index is 12.0. The van der Waals surface area contributed by atoms with Crippen LogP contribution in [-0.4, -0.2) is 28.6 Å². The predicted octanol–water partition coefficient (Wildman–Crippen LogP) is 2.40. The third-order valence-electron chi connectivity index (χ3n) is 3.61. The second kappa shape index (κ2) is 6.24. The summed E-state index contributed by atoms with van der Waals surface area (Å²) in [6.07, 6.45) is 7.30. The van der Waals surface area contributed by atoms with Crippen molar-refractivity contribution in [1.82, 2.24) is 10.3 Å². The van der Waals surface area contributed by atoms with Crippen molar-refractivity contribution >= 4 is 34.1 Å². The first-order chi connectivity index (χ1) is 9.33. The van der Waals surface area contributed by atoms with E-state index in [1.54, 1.807) is 23.1 Å². The number of amides is 1. The van der Waals surface area contributed by atoms with Gasteiger partial charge in [0.25, 0.3) is 0 Å². The number of hydrogen-bond acceptors (Lipinski definition) is 5. The number of anilines is 1. The van der Waals surface area contributed by atoms with Crippen molar-refractivity contribution in [2.45, 2.75) is 44.6 Å². The van der Waals surface area contributed by atoms with Crippen molar-refractivity contribution in [1.29, 1.82) is 0 Å². The fourth-order valence-corrected chi connectivity index (χ4v) is 4.51. The number of hydrogen-bond donors (Lipinski definition) is 2. The molecule has 1 aromatic rings. The molecule has 0 radical (unpaired) electrons. The maximum Gasteiger partial charge on any atom is 0.244 e. The van der Waals surface area contributed by atoms with Crippen LogP contribution in [0, 0.1) is 0 Å². The van der Waals surface area contributed by atoms with Crippen LogP contribution in [0.1, 0.15) is 36.3 Å². The van der Waals surface area contributed by atoms with Crippen LogP contribution in [0.4, 0.5) is 5.13 Å². The fourth-order valence-electron chi connectivity index (χ4n) is 2.52. The monoisotopic (exact) mass is 297 g/mol. The van der Waals surface area contributed by atoms with Gasteiger partial charge in [-0.1, -0.05) is 12.8 Å². The molecule has 1 unspecified atom stereocenters. The number of nitrogens with zero attached hydrogens (tertiary/aromatic N) is 1. The molecule has 1 amide bonds. The molecular formula is C13H19N3OS2. The van der Waals surface area contributed by atoms with E-state index in [4.69, 9.17) is 0 Å². The van der Waals surface area contributed by atoms with Gasteiger partial charge in [-0.2, -0.15) is 0 Å². The van der Waals surface area contributed by atoms with Crippen molar-refractivity contribution in [3.05, 3.63) is 10.6 Å². The number of thioether (sulfide) groups is 1. The van der Waals surface area contributed by atoms with Crippen molar-refractivity contribution in [3.8, 4) is 0 Å². The molecule has 3 rings (SSSR count). The number of nitrogens with one attached hydrogen (secondary N) is 2. The zero-order valence-electron chi connectivity index (χ0n) is 10.9. The van der Waals surface area contributed by atoms with Crippen molar-refractivity contribution in [3.63, 3.8) is 0 Å². The number of aromatic nitrogens is 1. The molecule has 0 aromatic carbocycles. The van der Waals surface area contributed by atoms with Crippen LogP contribution in [0.5, 0.6) is 0 Å². The van der Waals surface area contributed by atoms with Gasteiger partial charge in [0.1, 0.15) is 0 Å². The van der Waals surface area contributed by atoms with Gasteiger partial charge < -0.3 is 5.32 Å². The molecule has 1 aromatic heterocycles. The van der Waals surface area contributed by atoms with Crippen molar-refractivity contribution in [2.75, 3.05) is 16.9 Å². The molecule has 19 heavy (non-hydrogen) atoms. The Morgan fingerprint density at radius 3 is 2.89 bits per heavy atom. The average molecular weight is 297 g/mol. The smallest absolute Gasteiger partial charge is 0.244 e. The van der Waals surface area contributed by atoms with Gasteiger partial charge in [-0.05, 0) is 25.7 Å². The minimum absolute atomic E-state index is 0.0588. The summed E-state index contributed by atoms with van der Waals surface area (Å²) in [5.41, 5.74) is 1.22. The highest BCUT2D eigenvalue weighted by Crippen LogP contribution is 2.28. The van der Waals surface area contributed by atoms with Crippen LogP contribution < -0.4 is 10.6 Å². The average Bonchev–Trinajstić information content (AvgIpc) is 3.00. The number of rotatable bonds is 2. The Morgan fingerprint density at radius 2 is 2.11 bits per heavy atom. The Labute approximate surface area is 121 Å². The summed E-state index contributed by atoms with van der Waals surface area (Å²) in [7, 11) is 0. The summed E-state index contributed by atoms with van der Waals surface area (Å²) in [5.74, 6) is 1.79. The normalized spacial score (nSPS) is 23.5. The van der Waals surface area contributed by atoms with Crippen molar-refractivity contribution in [2.24, 2.45) is 0 Å². The number of fused-ring (bicyclic) bond motifs is 1. The van der Waals surface area contributed by atoms with Crippen LogP contribution in [0.3, 0.4) is 0 Å². The first kappa shape index (κ1) is 13.4. The third kappa shape index (κ3) is 3.30.